The third-order valence-electron chi connectivity index (χ3n) is 5.67. The van der Waals surface area contributed by atoms with Crippen molar-refractivity contribution in [3.63, 3.8) is 0 Å². The van der Waals surface area contributed by atoms with Crippen LogP contribution in [0.5, 0.6) is 0 Å². The standard InChI is InChI=1S/C23H46O7/c24-17-23(18-25,19-26)20-30-16-12-8-7-10-14-21(27)13-9-5-3-1-2-4-6-11-15-22(28)29/h21,24-27H,1-20H2,(H,28,29). The summed E-state index contributed by atoms with van der Waals surface area (Å²) in [5.74, 6) is -0.703. The summed E-state index contributed by atoms with van der Waals surface area (Å²) >= 11 is 0. The predicted octanol–water partition coefficient (Wildman–Crippen LogP) is 3.26. The first-order valence-electron chi connectivity index (χ1n) is 11.8. The summed E-state index contributed by atoms with van der Waals surface area (Å²) in [6.07, 6.45) is 14.4. The highest BCUT2D eigenvalue weighted by atomic mass is 16.5. The molecular formula is C23H46O7. The Labute approximate surface area is 182 Å². The molecular weight excluding hydrogens is 388 g/mol. The highest BCUT2D eigenvalue weighted by molar-refractivity contribution is 5.66. The summed E-state index contributed by atoms with van der Waals surface area (Å²) in [5, 5.41) is 46.3. The molecule has 0 aromatic heterocycles. The summed E-state index contributed by atoms with van der Waals surface area (Å²) in [4.78, 5) is 10.4. The molecule has 0 saturated heterocycles. The fourth-order valence-electron chi connectivity index (χ4n) is 3.37. The van der Waals surface area contributed by atoms with Crippen molar-refractivity contribution < 1.29 is 35.1 Å². The molecule has 1 atom stereocenters. The first kappa shape index (κ1) is 29.3. The Hall–Kier alpha value is -0.730. The van der Waals surface area contributed by atoms with Crippen molar-refractivity contribution in [1.29, 1.82) is 0 Å². The number of carbonyl (C=O) groups is 1. The highest BCUT2D eigenvalue weighted by Gasteiger charge is 2.28. The van der Waals surface area contributed by atoms with Crippen molar-refractivity contribution >= 4 is 5.97 Å². The second-order valence-corrected chi connectivity index (χ2v) is 8.64. The largest absolute Gasteiger partial charge is 0.481 e. The molecule has 5 N–H and O–H groups in total. The second kappa shape index (κ2) is 20.2. The predicted molar refractivity (Wildman–Crippen MR) is 117 cm³/mol. The van der Waals surface area contributed by atoms with E-state index in [0.717, 1.165) is 70.6 Å². The SMILES string of the molecule is O=C(O)CCCCCCCCCCC(O)CCCCCCOCC(CO)(CO)CO. The zero-order valence-corrected chi connectivity index (χ0v) is 18.8. The lowest BCUT2D eigenvalue weighted by Crippen LogP contribution is -2.38. The lowest BCUT2D eigenvalue weighted by Gasteiger charge is -2.26. The molecule has 0 amide bonds. The molecule has 0 aliphatic carbocycles. The van der Waals surface area contributed by atoms with Crippen LogP contribution in [0.4, 0.5) is 0 Å². The summed E-state index contributed by atoms with van der Waals surface area (Å²) in [6.45, 7) is -0.199. The van der Waals surface area contributed by atoms with Gasteiger partial charge in [0.15, 0.2) is 0 Å². The number of aliphatic carboxylic acids is 1. The van der Waals surface area contributed by atoms with Crippen LogP contribution in [0.25, 0.3) is 0 Å². The number of carboxylic acid groups (broad SMARTS) is 1. The molecule has 7 nitrogen and oxygen atoms in total. The minimum Gasteiger partial charge on any atom is -0.481 e. The van der Waals surface area contributed by atoms with Gasteiger partial charge < -0.3 is 30.3 Å². The number of unbranched alkanes of at least 4 members (excludes halogenated alkanes) is 10. The van der Waals surface area contributed by atoms with Gasteiger partial charge in [0.05, 0.1) is 37.9 Å². The molecule has 0 heterocycles. The van der Waals surface area contributed by atoms with Crippen LogP contribution < -0.4 is 0 Å². The molecule has 0 spiro atoms. The fraction of sp³-hybridized carbons (Fsp3) is 0.957. The van der Waals surface area contributed by atoms with Gasteiger partial charge in [0.25, 0.3) is 0 Å². The normalized spacial score (nSPS) is 12.9. The van der Waals surface area contributed by atoms with Gasteiger partial charge in [-0.2, -0.15) is 0 Å². The van der Waals surface area contributed by atoms with Crippen molar-refractivity contribution in [1.82, 2.24) is 0 Å². The molecule has 0 saturated carbocycles. The third-order valence-corrected chi connectivity index (χ3v) is 5.67. The van der Waals surface area contributed by atoms with Gasteiger partial charge in [-0.15, -0.1) is 0 Å². The van der Waals surface area contributed by atoms with E-state index in [1.165, 1.54) is 19.3 Å². The minimum atomic E-state index is -0.952. The zero-order valence-electron chi connectivity index (χ0n) is 18.8. The topological polar surface area (TPSA) is 127 Å². The molecule has 0 aliphatic heterocycles. The number of hydrogen-bond donors (Lipinski definition) is 5. The molecule has 0 radical (unpaired) electrons. The number of rotatable bonds is 23. The highest BCUT2D eigenvalue weighted by Crippen LogP contribution is 2.16. The number of carboxylic acids is 1. The van der Waals surface area contributed by atoms with Crippen molar-refractivity contribution in [2.45, 2.75) is 102 Å². The molecule has 0 aromatic rings. The van der Waals surface area contributed by atoms with E-state index in [1.807, 2.05) is 0 Å². The number of ether oxygens (including phenoxy) is 1. The van der Waals surface area contributed by atoms with Gasteiger partial charge in [-0.25, -0.2) is 0 Å². The maximum absolute atomic E-state index is 10.4. The Balaban J connectivity index is 3.36. The molecule has 0 aromatic carbocycles. The molecule has 0 rings (SSSR count). The first-order chi connectivity index (χ1) is 14.5. The lowest BCUT2D eigenvalue weighted by molar-refractivity contribution is -0.137. The van der Waals surface area contributed by atoms with Crippen molar-refractivity contribution in [3.8, 4) is 0 Å². The molecule has 0 fully saturated rings. The van der Waals surface area contributed by atoms with E-state index in [2.05, 4.69) is 0 Å². The Kier molecular flexibility index (Phi) is 19.7. The maximum Gasteiger partial charge on any atom is 0.303 e. The monoisotopic (exact) mass is 434 g/mol. The molecule has 0 bridgehead atoms. The Bertz CT molecular complexity index is 377. The molecule has 1 unspecified atom stereocenters. The van der Waals surface area contributed by atoms with Crippen LogP contribution in [0.1, 0.15) is 96.3 Å². The van der Waals surface area contributed by atoms with Crippen LogP contribution >= 0.6 is 0 Å². The van der Waals surface area contributed by atoms with Crippen LogP contribution in [0, 0.1) is 5.41 Å². The molecule has 0 aliphatic rings. The average molecular weight is 435 g/mol. The van der Waals surface area contributed by atoms with Crippen LogP contribution in [-0.2, 0) is 9.53 Å². The van der Waals surface area contributed by atoms with E-state index < -0.39 is 11.4 Å². The van der Waals surface area contributed by atoms with Gasteiger partial charge >= 0.3 is 5.97 Å². The maximum atomic E-state index is 10.4. The third kappa shape index (κ3) is 17.0. The van der Waals surface area contributed by atoms with Crippen LogP contribution in [0.3, 0.4) is 0 Å². The molecule has 180 valence electrons. The van der Waals surface area contributed by atoms with E-state index in [1.54, 1.807) is 0 Å². The van der Waals surface area contributed by atoms with Gasteiger partial charge in [0.2, 0.25) is 0 Å². The summed E-state index contributed by atoms with van der Waals surface area (Å²) in [7, 11) is 0. The number of hydrogen-bond acceptors (Lipinski definition) is 6. The van der Waals surface area contributed by atoms with Gasteiger partial charge in [-0.3, -0.25) is 4.79 Å². The van der Waals surface area contributed by atoms with Crippen LogP contribution in [0.15, 0.2) is 0 Å². The van der Waals surface area contributed by atoms with Gasteiger partial charge in [-0.05, 0) is 25.7 Å². The fourth-order valence-corrected chi connectivity index (χ4v) is 3.37. The summed E-state index contributed by atoms with van der Waals surface area (Å²) in [5.41, 5.74) is -0.952. The van der Waals surface area contributed by atoms with Crippen molar-refractivity contribution in [3.05, 3.63) is 0 Å². The van der Waals surface area contributed by atoms with E-state index in [0.29, 0.717) is 6.61 Å². The number of aliphatic hydroxyl groups excluding tert-OH is 4. The van der Waals surface area contributed by atoms with Gasteiger partial charge in [0, 0.05) is 13.0 Å². The number of aliphatic hydroxyl groups is 4. The Morgan fingerprint density at radius 3 is 1.60 bits per heavy atom. The van der Waals surface area contributed by atoms with E-state index in [4.69, 9.17) is 9.84 Å². The zero-order chi connectivity index (χ0) is 22.5. The van der Waals surface area contributed by atoms with E-state index in [-0.39, 0.29) is 39.0 Å². The second-order valence-electron chi connectivity index (χ2n) is 8.64. The van der Waals surface area contributed by atoms with E-state index in [9.17, 15) is 25.2 Å². The first-order valence-corrected chi connectivity index (χ1v) is 11.8. The van der Waals surface area contributed by atoms with Crippen LogP contribution in [-0.4, -0.2) is 70.6 Å². The lowest BCUT2D eigenvalue weighted by atomic mass is 9.93. The quantitative estimate of drug-likeness (QED) is 0.156. The van der Waals surface area contributed by atoms with Gasteiger partial charge in [0.1, 0.15) is 0 Å². The Morgan fingerprint density at radius 1 is 0.700 bits per heavy atom. The average Bonchev–Trinajstić information content (AvgIpc) is 2.74. The summed E-state index contributed by atoms with van der Waals surface area (Å²) < 4.78 is 5.47. The molecule has 7 heteroatoms. The van der Waals surface area contributed by atoms with Crippen molar-refractivity contribution in [2.75, 3.05) is 33.0 Å². The van der Waals surface area contributed by atoms with E-state index >= 15 is 0 Å². The Morgan fingerprint density at radius 2 is 1.13 bits per heavy atom. The van der Waals surface area contributed by atoms with Crippen molar-refractivity contribution in [2.24, 2.45) is 5.41 Å². The smallest absolute Gasteiger partial charge is 0.303 e. The summed E-state index contributed by atoms with van der Waals surface area (Å²) in [6, 6.07) is 0. The van der Waals surface area contributed by atoms with Gasteiger partial charge in [-0.1, -0.05) is 64.2 Å². The van der Waals surface area contributed by atoms with Crippen LogP contribution in [0.2, 0.25) is 0 Å². The molecule has 30 heavy (non-hydrogen) atoms. The minimum absolute atomic E-state index is 0.153.